The second-order valence-corrected chi connectivity index (χ2v) is 8.23. The van der Waals surface area contributed by atoms with Crippen LogP contribution >= 0.6 is 0 Å². The monoisotopic (exact) mass is 445 g/mol. The average Bonchev–Trinajstić information content (AvgIpc) is 2.90. The lowest BCUT2D eigenvalue weighted by Gasteiger charge is -2.32. The highest BCUT2D eigenvalue weighted by Gasteiger charge is 2.26. The van der Waals surface area contributed by atoms with Crippen LogP contribution in [-0.4, -0.2) is 40.8 Å². The summed E-state index contributed by atoms with van der Waals surface area (Å²) in [4.78, 5) is 12.1. The van der Waals surface area contributed by atoms with Crippen LogP contribution in [0.2, 0.25) is 0 Å². The molecule has 0 saturated heterocycles. The summed E-state index contributed by atoms with van der Waals surface area (Å²) in [7, 11) is 0.507. The molecule has 0 amide bonds. The molecule has 0 bridgehead atoms. The lowest BCUT2D eigenvalue weighted by molar-refractivity contribution is 0.383. The van der Waals surface area contributed by atoms with Crippen LogP contribution in [0.4, 0.5) is 0 Å². The summed E-state index contributed by atoms with van der Waals surface area (Å²) in [6.07, 6.45) is -0.269. The molecule has 166 valence electrons. The molecule has 5 rings (SSSR count). The maximum Gasteiger partial charge on any atom is 0.488 e. The highest BCUT2D eigenvalue weighted by molar-refractivity contribution is 6.58. The van der Waals surface area contributed by atoms with Gasteiger partial charge in [0.15, 0.2) is 12.0 Å². The van der Waals surface area contributed by atoms with Gasteiger partial charge < -0.3 is 14.9 Å². The lowest BCUT2D eigenvalue weighted by Crippen LogP contribution is -2.35. The van der Waals surface area contributed by atoms with Crippen LogP contribution in [0.15, 0.2) is 119 Å². The molecule has 6 heteroatoms. The molecule has 1 aliphatic rings. The Labute approximate surface area is 199 Å². The van der Waals surface area contributed by atoms with Crippen molar-refractivity contribution in [2.24, 2.45) is 9.98 Å². The smallest absolute Gasteiger partial charge is 0.423 e. The third-order valence-corrected chi connectivity index (χ3v) is 5.92. The molecule has 1 heterocycles. The van der Waals surface area contributed by atoms with E-state index in [1.54, 1.807) is 12.1 Å². The minimum atomic E-state index is -1.50. The van der Waals surface area contributed by atoms with Gasteiger partial charge in [0.1, 0.15) is 5.84 Å². The number of hydrogen-bond acceptors (Lipinski definition) is 5. The van der Waals surface area contributed by atoms with Crippen molar-refractivity contribution >= 4 is 24.3 Å². The molecule has 0 spiro atoms. The maximum atomic E-state index is 9.58. The van der Waals surface area contributed by atoms with Crippen LogP contribution in [0.1, 0.15) is 22.9 Å². The Balaban J connectivity index is 1.59. The summed E-state index contributed by atoms with van der Waals surface area (Å²) in [5.41, 5.74) is 5.37. The minimum Gasteiger partial charge on any atom is -0.423 e. The molecule has 5 nitrogen and oxygen atoms in total. The van der Waals surface area contributed by atoms with E-state index in [2.05, 4.69) is 29.2 Å². The Kier molecular flexibility index (Phi) is 6.08. The second kappa shape index (κ2) is 9.47. The van der Waals surface area contributed by atoms with Crippen molar-refractivity contribution in [3.63, 3.8) is 0 Å². The Hall–Kier alpha value is -4.00. The Morgan fingerprint density at radius 3 is 1.94 bits per heavy atom. The normalized spacial score (nSPS) is 15.5. The molecule has 2 N–H and O–H groups in total. The van der Waals surface area contributed by atoms with Crippen LogP contribution in [0.5, 0.6) is 0 Å². The summed E-state index contributed by atoms with van der Waals surface area (Å²) >= 11 is 0. The minimum absolute atomic E-state index is 0.269. The quantitative estimate of drug-likeness (QED) is 0.459. The van der Waals surface area contributed by atoms with E-state index in [0.717, 1.165) is 33.7 Å². The van der Waals surface area contributed by atoms with E-state index >= 15 is 0 Å². The van der Waals surface area contributed by atoms with Crippen molar-refractivity contribution in [3.05, 3.63) is 126 Å². The van der Waals surface area contributed by atoms with Gasteiger partial charge >= 0.3 is 7.12 Å². The number of aliphatic imine (C=N–C) groups is 2. The van der Waals surface area contributed by atoms with Crippen LogP contribution in [0.3, 0.4) is 0 Å². The van der Waals surface area contributed by atoms with Gasteiger partial charge in [-0.25, -0.2) is 9.98 Å². The third-order valence-electron chi connectivity index (χ3n) is 5.92. The third kappa shape index (κ3) is 4.42. The number of amidine groups is 2. The number of nitrogens with zero attached hydrogens (tertiary/aromatic N) is 3. The molecule has 0 aromatic heterocycles. The summed E-state index contributed by atoms with van der Waals surface area (Å²) < 4.78 is 0. The van der Waals surface area contributed by atoms with E-state index < -0.39 is 7.12 Å². The van der Waals surface area contributed by atoms with Gasteiger partial charge in [-0.15, -0.1) is 0 Å². The predicted molar refractivity (Wildman–Crippen MR) is 138 cm³/mol. The SMILES string of the molecule is CN1C(c2ccccc2)=NC(c2ccccc2)=NC1c1cccc(-c2cccc(B(O)O)c2)c1. The molecule has 0 fully saturated rings. The van der Waals surface area contributed by atoms with E-state index in [-0.39, 0.29) is 6.17 Å². The molecule has 1 aliphatic heterocycles. The first-order valence-electron chi connectivity index (χ1n) is 11.2. The Morgan fingerprint density at radius 2 is 1.26 bits per heavy atom. The van der Waals surface area contributed by atoms with Crippen molar-refractivity contribution in [1.29, 1.82) is 0 Å². The standard InChI is InChI=1S/C28H24BN3O2/c1-32-27(21-12-6-3-7-13-21)30-26(20-10-4-2-5-11-20)31-28(32)24-16-8-14-22(18-24)23-15-9-17-25(19-23)29(33)34/h2-19,28,33-34H,1H3. The van der Waals surface area contributed by atoms with Crippen LogP contribution in [0.25, 0.3) is 11.1 Å². The topological polar surface area (TPSA) is 68.4 Å². The van der Waals surface area contributed by atoms with E-state index in [0.29, 0.717) is 11.3 Å². The van der Waals surface area contributed by atoms with E-state index in [1.807, 2.05) is 79.8 Å². The van der Waals surface area contributed by atoms with Gasteiger partial charge in [0.2, 0.25) is 0 Å². The molecule has 4 aromatic carbocycles. The highest BCUT2D eigenvalue weighted by Crippen LogP contribution is 2.31. The lowest BCUT2D eigenvalue weighted by atomic mass is 9.79. The largest absolute Gasteiger partial charge is 0.488 e. The zero-order valence-electron chi connectivity index (χ0n) is 18.8. The first-order valence-corrected chi connectivity index (χ1v) is 11.2. The van der Waals surface area contributed by atoms with Gasteiger partial charge in [-0.05, 0) is 28.2 Å². The number of rotatable bonds is 5. The molecule has 4 aromatic rings. The molecule has 0 saturated carbocycles. The fraction of sp³-hybridized carbons (Fsp3) is 0.0714. The summed E-state index contributed by atoms with van der Waals surface area (Å²) in [6.45, 7) is 0. The van der Waals surface area contributed by atoms with Crippen molar-refractivity contribution in [3.8, 4) is 11.1 Å². The van der Waals surface area contributed by atoms with Gasteiger partial charge in [0.05, 0.1) is 0 Å². The average molecular weight is 445 g/mol. The van der Waals surface area contributed by atoms with Crippen LogP contribution in [0, 0.1) is 0 Å². The zero-order chi connectivity index (χ0) is 23.5. The van der Waals surface area contributed by atoms with Crippen LogP contribution in [-0.2, 0) is 0 Å². The Morgan fingerprint density at radius 1 is 0.676 bits per heavy atom. The first kappa shape index (κ1) is 21.8. The van der Waals surface area contributed by atoms with Gasteiger partial charge in [0.25, 0.3) is 0 Å². The van der Waals surface area contributed by atoms with E-state index in [9.17, 15) is 10.0 Å². The summed E-state index contributed by atoms with van der Waals surface area (Å²) in [6, 6.07) is 35.6. The fourth-order valence-corrected chi connectivity index (χ4v) is 4.16. The van der Waals surface area contributed by atoms with Crippen molar-refractivity contribution in [1.82, 2.24) is 4.90 Å². The zero-order valence-corrected chi connectivity index (χ0v) is 18.8. The van der Waals surface area contributed by atoms with Crippen LogP contribution < -0.4 is 5.46 Å². The Bertz CT molecular complexity index is 1350. The van der Waals surface area contributed by atoms with Crippen molar-refractivity contribution in [2.45, 2.75) is 6.17 Å². The van der Waals surface area contributed by atoms with Crippen molar-refractivity contribution < 1.29 is 10.0 Å². The predicted octanol–water partition coefficient (Wildman–Crippen LogP) is 3.87. The number of benzene rings is 4. The van der Waals surface area contributed by atoms with E-state index in [4.69, 9.17) is 9.98 Å². The first-order chi connectivity index (χ1) is 16.6. The molecule has 0 radical (unpaired) electrons. The molecular formula is C28H24BN3O2. The van der Waals surface area contributed by atoms with E-state index in [1.165, 1.54) is 0 Å². The fourth-order valence-electron chi connectivity index (χ4n) is 4.16. The van der Waals surface area contributed by atoms with Gasteiger partial charge in [-0.3, -0.25) is 0 Å². The number of hydrogen-bond donors (Lipinski definition) is 2. The second-order valence-electron chi connectivity index (χ2n) is 8.23. The molecular weight excluding hydrogens is 421 g/mol. The summed E-state index contributed by atoms with van der Waals surface area (Å²) in [5.74, 6) is 1.55. The van der Waals surface area contributed by atoms with Gasteiger partial charge in [-0.2, -0.15) is 0 Å². The van der Waals surface area contributed by atoms with Crippen molar-refractivity contribution in [2.75, 3.05) is 7.05 Å². The molecule has 1 unspecified atom stereocenters. The molecule has 1 atom stereocenters. The van der Waals surface area contributed by atoms with Gasteiger partial charge in [-0.1, -0.05) is 103 Å². The highest BCUT2D eigenvalue weighted by atomic mass is 16.4. The maximum absolute atomic E-state index is 9.58. The molecule has 34 heavy (non-hydrogen) atoms. The van der Waals surface area contributed by atoms with Gasteiger partial charge in [0, 0.05) is 18.2 Å². The molecule has 0 aliphatic carbocycles. The summed E-state index contributed by atoms with van der Waals surface area (Å²) in [5, 5.41) is 19.2.